The first-order chi connectivity index (χ1) is 6.36. The molecule has 1 atom stereocenters. The van der Waals surface area contributed by atoms with Crippen LogP contribution < -0.4 is 0 Å². The van der Waals surface area contributed by atoms with Gasteiger partial charge in [0.05, 0.1) is 6.10 Å². The van der Waals surface area contributed by atoms with Crippen LogP contribution in [0.25, 0.3) is 0 Å². The lowest BCUT2D eigenvalue weighted by Gasteiger charge is -2.21. The van der Waals surface area contributed by atoms with Gasteiger partial charge < -0.3 is 14.7 Å². The number of carboxylic acid groups (broad SMARTS) is 1. The van der Waals surface area contributed by atoms with E-state index in [1.807, 2.05) is 13.8 Å². The van der Waals surface area contributed by atoms with E-state index in [0.717, 1.165) is 4.90 Å². The number of nitrogens with zero attached hydrogens (tertiary/aromatic N) is 1. The maximum Gasteiger partial charge on any atom is 0.326 e. The summed E-state index contributed by atoms with van der Waals surface area (Å²) in [6.07, 6.45) is -0.0347. The zero-order chi connectivity index (χ0) is 11.3. The summed E-state index contributed by atoms with van der Waals surface area (Å²) in [6.45, 7) is 5.00. The molecule has 1 amide bonds. The summed E-state index contributed by atoms with van der Waals surface area (Å²) in [5.74, 6) is -1.35. The molecule has 0 rings (SSSR count). The minimum Gasteiger partial charge on any atom is -0.480 e. The number of hydrogen-bond acceptors (Lipinski definition) is 3. The third-order valence-electron chi connectivity index (χ3n) is 1.87. The second-order valence-corrected chi connectivity index (χ2v) is 3.38. The fourth-order valence-corrected chi connectivity index (χ4v) is 0.721. The summed E-state index contributed by atoms with van der Waals surface area (Å²) < 4.78 is 5.07. The highest BCUT2D eigenvalue weighted by Crippen LogP contribution is 1.98. The monoisotopic (exact) mass is 203 g/mol. The van der Waals surface area contributed by atoms with E-state index in [9.17, 15) is 9.59 Å². The molecule has 5 heteroatoms. The number of aliphatic carboxylic acids is 1. The SMILES string of the molecule is CC(C)OCC(=O)N(C)C(C)C(=O)O. The number of carboxylic acids is 1. The van der Waals surface area contributed by atoms with Crippen LogP contribution in [-0.2, 0) is 14.3 Å². The smallest absolute Gasteiger partial charge is 0.326 e. The Balaban J connectivity index is 4.05. The second kappa shape index (κ2) is 5.59. The van der Waals surface area contributed by atoms with E-state index in [-0.39, 0.29) is 18.6 Å². The lowest BCUT2D eigenvalue weighted by molar-refractivity contribution is -0.150. The van der Waals surface area contributed by atoms with Gasteiger partial charge in [0.1, 0.15) is 12.6 Å². The van der Waals surface area contributed by atoms with Gasteiger partial charge in [-0.15, -0.1) is 0 Å². The van der Waals surface area contributed by atoms with Crippen molar-refractivity contribution in [2.24, 2.45) is 0 Å². The maximum atomic E-state index is 11.3. The molecule has 0 aliphatic rings. The van der Waals surface area contributed by atoms with Gasteiger partial charge in [0.25, 0.3) is 0 Å². The molecule has 1 unspecified atom stereocenters. The lowest BCUT2D eigenvalue weighted by Crippen LogP contribution is -2.42. The van der Waals surface area contributed by atoms with E-state index in [1.54, 1.807) is 0 Å². The van der Waals surface area contributed by atoms with Crippen molar-refractivity contribution in [3.8, 4) is 0 Å². The van der Waals surface area contributed by atoms with E-state index >= 15 is 0 Å². The molecule has 0 bridgehead atoms. The zero-order valence-electron chi connectivity index (χ0n) is 8.98. The predicted molar refractivity (Wildman–Crippen MR) is 51.0 cm³/mol. The van der Waals surface area contributed by atoms with Crippen LogP contribution >= 0.6 is 0 Å². The number of carbonyl (C=O) groups is 2. The van der Waals surface area contributed by atoms with Gasteiger partial charge in [0.2, 0.25) is 5.91 Å². The van der Waals surface area contributed by atoms with Gasteiger partial charge in [0.15, 0.2) is 0 Å². The van der Waals surface area contributed by atoms with Crippen LogP contribution in [0.3, 0.4) is 0 Å². The number of rotatable bonds is 5. The molecule has 0 heterocycles. The largest absolute Gasteiger partial charge is 0.480 e. The fraction of sp³-hybridized carbons (Fsp3) is 0.778. The molecule has 82 valence electrons. The van der Waals surface area contributed by atoms with E-state index in [1.165, 1.54) is 14.0 Å². The van der Waals surface area contributed by atoms with Gasteiger partial charge in [-0.3, -0.25) is 4.79 Å². The Morgan fingerprint density at radius 2 is 1.86 bits per heavy atom. The first kappa shape index (κ1) is 12.9. The molecule has 14 heavy (non-hydrogen) atoms. The highest BCUT2D eigenvalue weighted by molar-refractivity contribution is 5.83. The van der Waals surface area contributed by atoms with Crippen LogP contribution in [0.2, 0.25) is 0 Å². The van der Waals surface area contributed by atoms with Gasteiger partial charge in [-0.2, -0.15) is 0 Å². The Bertz CT molecular complexity index is 215. The third-order valence-corrected chi connectivity index (χ3v) is 1.87. The van der Waals surface area contributed by atoms with Crippen molar-refractivity contribution in [1.29, 1.82) is 0 Å². The van der Waals surface area contributed by atoms with Crippen molar-refractivity contribution < 1.29 is 19.4 Å². The number of carbonyl (C=O) groups excluding carboxylic acids is 1. The minimum absolute atomic E-state index is 0.0347. The molecule has 0 aliphatic carbocycles. The zero-order valence-corrected chi connectivity index (χ0v) is 8.98. The van der Waals surface area contributed by atoms with E-state index in [0.29, 0.717) is 0 Å². The van der Waals surface area contributed by atoms with Gasteiger partial charge in [-0.1, -0.05) is 0 Å². The summed E-state index contributed by atoms with van der Waals surface area (Å²) in [7, 11) is 1.45. The Morgan fingerprint density at radius 3 is 2.21 bits per heavy atom. The first-order valence-electron chi connectivity index (χ1n) is 4.46. The molecule has 0 saturated carbocycles. The molecule has 5 nitrogen and oxygen atoms in total. The number of likely N-dealkylation sites (N-methyl/N-ethyl adjacent to an activating group) is 1. The molecule has 0 radical (unpaired) electrons. The van der Waals surface area contributed by atoms with Crippen LogP contribution in [0.1, 0.15) is 20.8 Å². The topological polar surface area (TPSA) is 66.8 Å². The standard InChI is InChI=1S/C9H17NO4/c1-6(2)14-5-8(11)10(4)7(3)9(12)13/h6-7H,5H2,1-4H3,(H,12,13). The Morgan fingerprint density at radius 1 is 1.36 bits per heavy atom. The fourth-order valence-electron chi connectivity index (χ4n) is 0.721. The first-order valence-corrected chi connectivity index (χ1v) is 4.46. The quantitative estimate of drug-likeness (QED) is 0.699. The number of hydrogen-bond donors (Lipinski definition) is 1. The number of amides is 1. The van der Waals surface area contributed by atoms with Crippen molar-refractivity contribution in [3.63, 3.8) is 0 Å². The van der Waals surface area contributed by atoms with Gasteiger partial charge in [0, 0.05) is 7.05 Å². The van der Waals surface area contributed by atoms with Crippen molar-refractivity contribution in [3.05, 3.63) is 0 Å². The summed E-state index contributed by atoms with van der Waals surface area (Å²) in [5.41, 5.74) is 0. The Hall–Kier alpha value is -1.10. The van der Waals surface area contributed by atoms with Crippen LogP contribution in [0.4, 0.5) is 0 Å². The highest BCUT2D eigenvalue weighted by Gasteiger charge is 2.21. The average molecular weight is 203 g/mol. The van der Waals surface area contributed by atoms with Gasteiger partial charge >= 0.3 is 5.97 Å². The Kier molecular flexibility index (Phi) is 5.15. The third kappa shape index (κ3) is 4.23. The van der Waals surface area contributed by atoms with Crippen molar-refractivity contribution in [1.82, 2.24) is 4.90 Å². The molecule has 0 aliphatic heterocycles. The molecular formula is C9H17NO4. The molecular weight excluding hydrogens is 186 g/mol. The van der Waals surface area contributed by atoms with E-state index in [2.05, 4.69) is 0 Å². The van der Waals surface area contributed by atoms with Crippen LogP contribution in [0, 0.1) is 0 Å². The van der Waals surface area contributed by atoms with Crippen LogP contribution in [0.15, 0.2) is 0 Å². The molecule has 0 aromatic carbocycles. The molecule has 0 fully saturated rings. The second-order valence-electron chi connectivity index (χ2n) is 3.38. The van der Waals surface area contributed by atoms with Crippen molar-refractivity contribution >= 4 is 11.9 Å². The summed E-state index contributed by atoms with van der Waals surface area (Å²) >= 11 is 0. The normalized spacial score (nSPS) is 12.6. The maximum absolute atomic E-state index is 11.3. The van der Waals surface area contributed by atoms with Gasteiger partial charge in [-0.05, 0) is 20.8 Å². The summed E-state index contributed by atoms with van der Waals surface area (Å²) in [6, 6.07) is -0.821. The molecule has 0 aromatic heterocycles. The summed E-state index contributed by atoms with van der Waals surface area (Å²) in [4.78, 5) is 23.0. The van der Waals surface area contributed by atoms with Crippen LogP contribution in [0.5, 0.6) is 0 Å². The highest BCUT2D eigenvalue weighted by atomic mass is 16.5. The lowest BCUT2D eigenvalue weighted by atomic mass is 10.3. The average Bonchev–Trinajstić information content (AvgIpc) is 2.11. The van der Waals surface area contributed by atoms with Crippen molar-refractivity contribution in [2.45, 2.75) is 32.9 Å². The van der Waals surface area contributed by atoms with E-state index < -0.39 is 12.0 Å². The molecule has 0 saturated heterocycles. The van der Waals surface area contributed by atoms with Crippen molar-refractivity contribution in [2.75, 3.05) is 13.7 Å². The minimum atomic E-state index is -1.02. The molecule has 1 N–H and O–H groups in total. The molecule has 0 spiro atoms. The molecule has 0 aromatic rings. The Labute approximate surface area is 83.6 Å². The van der Waals surface area contributed by atoms with Gasteiger partial charge in [-0.25, -0.2) is 4.79 Å². The van der Waals surface area contributed by atoms with E-state index in [4.69, 9.17) is 9.84 Å². The predicted octanol–water partition coefficient (Wildman–Crippen LogP) is 0.343. The van der Waals surface area contributed by atoms with Crippen LogP contribution in [-0.4, -0.2) is 47.7 Å². The summed E-state index contributed by atoms with van der Waals surface area (Å²) in [5, 5.41) is 8.64. The number of ether oxygens (including phenoxy) is 1.